The Kier molecular flexibility index (Phi) is 8.31. The van der Waals surface area contributed by atoms with E-state index in [9.17, 15) is 9.59 Å². The monoisotopic (exact) mass is 386 g/mol. The van der Waals surface area contributed by atoms with Crippen molar-refractivity contribution in [2.24, 2.45) is 0 Å². The highest BCUT2D eigenvalue weighted by atomic mass is 32.2. The zero-order chi connectivity index (χ0) is 18.8. The van der Waals surface area contributed by atoms with Crippen molar-refractivity contribution in [1.29, 1.82) is 0 Å². The number of amides is 2. The Morgan fingerprint density at radius 2 is 1.08 bits per heavy atom. The fraction of sp³-hybridized carbons (Fsp3) is 0.200. The molecular weight excluding hydrogens is 364 g/mol. The van der Waals surface area contributed by atoms with Crippen molar-refractivity contribution in [3.05, 3.63) is 60.7 Å². The third kappa shape index (κ3) is 7.80. The Morgan fingerprint density at radius 1 is 0.731 bits per heavy atom. The molecule has 0 bridgehead atoms. The second kappa shape index (κ2) is 10.7. The van der Waals surface area contributed by atoms with Gasteiger partial charge in [0.25, 0.3) is 0 Å². The summed E-state index contributed by atoms with van der Waals surface area (Å²) in [5.41, 5.74) is 1.64. The second-order valence-electron chi connectivity index (χ2n) is 5.50. The molecule has 6 heteroatoms. The summed E-state index contributed by atoms with van der Waals surface area (Å²) in [5.74, 6) is 1.69. The van der Waals surface area contributed by atoms with Crippen LogP contribution in [-0.4, -0.2) is 23.3 Å². The van der Waals surface area contributed by atoms with Crippen LogP contribution in [0.4, 0.5) is 11.4 Å². The molecule has 26 heavy (non-hydrogen) atoms. The van der Waals surface area contributed by atoms with E-state index in [0.717, 1.165) is 22.9 Å². The van der Waals surface area contributed by atoms with Crippen LogP contribution in [0.5, 0.6) is 0 Å². The van der Waals surface area contributed by atoms with Crippen LogP contribution >= 0.6 is 23.5 Å². The summed E-state index contributed by atoms with van der Waals surface area (Å²) in [7, 11) is 0. The number of benzene rings is 2. The summed E-state index contributed by atoms with van der Waals surface area (Å²) in [4.78, 5) is 24.3. The van der Waals surface area contributed by atoms with Gasteiger partial charge in [0.05, 0.1) is 0 Å². The number of carbonyl (C=O) groups is 2. The van der Waals surface area contributed by atoms with Gasteiger partial charge in [0.1, 0.15) is 0 Å². The smallest absolute Gasteiger partial charge is 0.221 e. The van der Waals surface area contributed by atoms with Crippen molar-refractivity contribution >= 4 is 46.7 Å². The molecule has 4 nitrogen and oxygen atoms in total. The van der Waals surface area contributed by atoms with Crippen molar-refractivity contribution in [1.82, 2.24) is 0 Å². The number of hydrogen-bond donors (Lipinski definition) is 2. The van der Waals surface area contributed by atoms with Crippen LogP contribution in [0.15, 0.2) is 70.5 Å². The fourth-order valence-corrected chi connectivity index (χ4v) is 3.61. The largest absolute Gasteiger partial charge is 0.326 e. The predicted molar refractivity (Wildman–Crippen MR) is 112 cm³/mol. The standard InChI is InChI=1S/C20H22N2O2S2/c1-15(23)21-17-5-9-19(10-6-17)25-13-3-4-14-26-20-11-7-18(8-12-20)22-16(2)24/h3-12H,13-14H2,1-2H3,(H,21,23)(H,22,24)/b4-3+. The van der Waals surface area contributed by atoms with Gasteiger partial charge in [-0.25, -0.2) is 0 Å². The molecule has 0 saturated heterocycles. The minimum atomic E-state index is -0.0596. The molecule has 0 fully saturated rings. The predicted octanol–water partition coefficient (Wildman–Crippen LogP) is 5.04. The summed E-state index contributed by atoms with van der Waals surface area (Å²) in [6.45, 7) is 3.01. The van der Waals surface area contributed by atoms with E-state index in [1.807, 2.05) is 48.5 Å². The first-order chi connectivity index (χ1) is 12.5. The highest BCUT2D eigenvalue weighted by Gasteiger charge is 1.97. The van der Waals surface area contributed by atoms with Crippen LogP contribution in [0.3, 0.4) is 0 Å². The van der Waals surface area contributed by atoms with E-state index in [1.165, 1.54) is 23.6 Å². The molecule has 0 saturated carbocycles. The van der Waals surface area contributed by atoms with Gasteiger partial charge in [-0.15, -0.1) is 23.5 Å². The number of hydrogen-bond acceptors (Lipinski definition) is 4. The SMILES string of the molecule is CC(=O)Nc1ccc(SC/C=C/CSc2ccc(NC(C)=O)cc2)cc1. The molecule has 0 atom stereocenters. The van der Waals surface area contributed by atoms with E-state index in [0.29, 0.717) is 0 Å². The minimum absolute atomic E-state index is 0.0596. The quantitative estimate of drug-likeness (QED) is 0.493. The molecule has 0 heterocycles. The zero-order valence-corrected chi connectivity index (χ0v) is 16.5. The zero-order valence-electron chi connectivity index (χ0n) is 14.8. The maximum atomic E-state index is 11.0. The van der Waals surface area contributed by atoms with Crippen molar-refractivity contribution in [3.63, 3.8) is 0 Å². The van der Waals surface area contributed by atoms with Crippen LogP contribution < -0.4 is 10.6 Å². The van der Waals surface area contributed by atoms with Gasteiger partial charge in [-0.05, 0) is 48.5 Å². The van der Waals surface area contributed by atoms with Gasteiger partial charge >= 0.3 is 0 Å². The summed E-state index contributed by atoms with van der Waals surface area (Å²) in [6, 6.07) is 15.7. The van der Waals surface area contributed by atoms with Gasteiger partial charge in [0.15, 0.2) is 0 Å². The molecule has 0 spiro atoms. The lowest BCUT2D eigenvalue weighted by Crippen LogP contribution is -2.05. The number of thioether (sulfide) groups is 2. The second-order valence-corrected chi connectivity index (χ2v) is 7.69. The fourth-order valence-electron chi connectivity index (χ4n) is 2.10. The van der Waals surface area contributed by atoms with Crippen LogP contribution in [0.1, 0.15) is 13.8 Å². The van der Waals surface area contributed by atoms with Gasteiger partial charge in [0.2, 0.25) is 11.8 Å². The van der Waals surface area contributed by atoms with Crippen LogP contribution in [0, 0.1) is 0 Å². The van der Waals surface area contributed by atoms with Crippen LogP contribution in [0.25, 0.3) is 0 Å². The summed E-state index contributed by atoms with van der Waals surface area (Å²) in [6.07, 6.45) is 4.32. The normalized spacial score (nSPS) is 10.7. The summed E-state index contributed by atoms with van der Waals surface area (Å²) >= 11 is 3.51. The number of rotatable bonds is 8. The maximum absolute atomic E-state index is 11.0. The third-order valence-electron chi connectivity index (χ3n) is 3.21. The molecule has 0 radical (unpaired) electrons. The third-order valence-corrected chi connectivity index (χ3v) is 5.14. The van der Waals surface area contributed by atoms with Gasteiger partial charge < -0.3 is 10.6 Å². The maximum Gasteiger partial charge on any atom is 0.221 e. The molecule has 136 valence electrons. The Morgan fingerprint density at radius 3 is 1.38 bits per heavy atom. The molecule has 0 aromatic heterocycles. The Labute approximate surface area is 162 Å². The first kappa shape index (κ1) is 20.1. The van der Waals surface area contributed by atoms with Crippen LogP contribution in [-0.2, 0) is 9.59 Å². The molecule has 2 amide bonds. The first-order valence-corrected chi connectivity index (χ1v) is 10.2. The van der Waals surface area contributed by atoms with Crippen LogP contribution in [0.2, 0.25) is 0 Å². The molecule has 0 unspecified atom stereocenters. The van der Waals surface area contributed by atoms with E-state index >= 15 is 0 Å². The van der Waals surface area contributed by atoms with Crippen molar-refractivity contribution in [2.45, 2.75) is 23.6 Å². The topological polar surface area (TPSA) is 58.2 Å². The molecule has 2 aromatic carbocycles. The minimum Gasteiger partial charge on any atom is -0.326 e. The molecule has 2 aromatic rings. The Balaban J connectivity index is 1.67. The Hall–Kier alpha value is -2.18. The Bertz CT molecular complexity index is 691. The lowest BCUT2D eigenvalue weighted by atomic mass is 10.3. The van der Waals surface area contributed by atoms with Crippen molar-refractivity contribution in [3.8, 4) is 0 Å². The average Bonchev–Trinajstić information content (AvgIpc) is 2.60. The van der Waals surface area contributed by atoms with Crippen molar-refractivity contribution < 1.29 is 9.59 Å². The van der Waals surface area contributed by atoms with E-state index in [4.69, 9.17) is 0 Å². The van der Waals surface area contributed by atoms with E-state index in [1.54, 1.807) is 23.5 Å². The van der Waals surface area contributed by atoms with Crippen molar-refractivity contribution in [2.75, 3.05) is 22.1 Å². The average molecular weight is 387 g/mol. The number of anilines is 2. The molecule has 0 aliphatic carbocycles. The first-order valence-electron chi connectivity index (χ1n) is 8.19. The molecule has 0 aliphatic rings. The molecular formula is C20H22N2O2S2. The lowest BCUT2D eigenvalue weighted by molar-refractivity contribution is -0.115. The molecule has 0 aliphatic heterocycles. The van der Waals surface area contributed by atoms with Gasteiger partial charge in [-0.1, -0.05) is 12.2 Å². The van der Waals surface area contributed by atoms with Gasteiger partial charge in [-0.3, -0.25) is 9.59 Å². The van der Waals surface area contributed by atoms with E-state index < -0.39 is 0 Å². The van der Waals surface area contributed by atoms with E-state index in [-0.39, 0.29) is 11.8 Å². The number of carbonyl (C=O) groups excluding carboxylic acids is 2. The van der Waals surface area contributed by atoms with Gasteiger partial charge in [0, 0.05) is 46.5 Å². The highest BCUT2D eigenvalue weighted by molar-refractivity contribution is 7.99. The lowest BCUT2D eigenvalue weighted by Gasteiger charge is -2.04. The summed E-state index contributed by atoms with van der Waals surface area (Å²) < 4.78 is 0. The van der Waals surface area contributed by atoms with Gasteiger partial charge in [-0.2, -0.15) is 0 Å². The van der Waals surface area contributed by atoms with E-state index in [2.05, 4.69) is 22.8 Å². The highest BCUT2D eigenvalue weighted by Crippen LogP contribution is 2.22. The number of nitrogens with one attached hydrogen (secondary N) is 2. The summed E-state index contributed by atoms with van der Waals surface area (Å²) in [5, 5.41) is 5.52. The molecule has 2 N–H and O–H groups in total. The molecule has 2 rings (SSSR count).